The number of carbonyl (C=O) groups is 1. The van der Waals surface area contributed by atoms with E-state index < -0.39 is 0 Å². The third-order valence-corrected chi connectivity index (χ3v) is 5.23. The lowest BCUT2D eigenvalue weighted by molar-refractivity contribution is -0.116. The van der Waals surface area contributed by atoms with Gasteiger partial charge in [0.1, 0.15) is 6.61 Å². The number of nitrogens with one attached hydrogen (secondary N) is 1. The molecule has 2 aromatic carbocycles. The van der Waals surface area contributed by atoms with Crippen molar-refractivity contribution in [2.24, 2.45) is 0 Å². The predicted octanol–water partition coefficient (Wildman–Crippen LogP) is 3.72. The van der Waals surface area contributed by atoms with E-state index in [2.05, 4.69) is 15.3 Å². The molecule has 1 amide bonds. The number of carbonyl (C=O) groups excluding carboxylic acids is 1. The molecule has 0 unspecified atom stereocenters. The Morgan fingerprint density at radius 2 is 1.91 bits per heavy atom. The molecule has 0 fully saturated rings. The van der Waals surface area contributed by atoms with E-state index in [1.54, 1.807) is 43.8 Å². The van der Waals surface area contributed by atoms with Crippen LogP contribution < -0.4 is 20.3 Å². The van der Waals surface area contributed by atoms with E-state index in [1.165, 1.54) is 10.9 Å². The lowest BCUT2D eigenvalue weighted by Crippen LogP contribution is -2.23. The first-order valence-corrected chi connectivity index (χ1v) is 10.5. The number of para-hydroxylation sites is 1. The van der Waals surface area contributed by atoms with Crippen LogP contribution in [-0.2, 0) is 17.9 Å². The highest BCUT2D eigenvalue weighted by molar-refractivity contribution is 5.91. The maximum absolute atomic E-state index is 12.7. The number of aromatic nitrogens is 3. The highest BCUT2D eigenvalue weighted by Gasteiger charge is 2.11. The van der Waals surface area contributed by atoms with Crippen molar-refractivity contribution in [2.75, 3.05) is 12.4 Å². The number of ether oxygens (including phenoxy) is 2. The van der Waals surface area contributed by atoms with Crippen LogP contribution in [-0.4, -0.2) is 27.6 Å². The first-order valence-electron chi connectivity index (χ1n) is 10.5. The van der Waals surface area contributed by atoms with Gasteiger partial charge in [-0.2, -0.15) is 0 Å². The number of hydrogen-bond acceptors (Lipinski definition) is 6. The number of amides is 1. The third kappa shape index (κ3) is 5.17. The van der Waals surface area contributed by atoms with Gasteiger partial charge in [0, 0.05) is 37.1 Å². The molecule has 2 heterocycles. The normalized spacial score (nSPS) is 10.7. The summed E-state index contributed by atoms with van der Waals surface area (Å²) in [5, 5.41) is 3.39. The van der Waals surface area contributed by atoms with Gasteiger partial charge in [-0.15, -0.1) is 0 Å². The van der Waals surface area contributed by atoms with Gasteiger partial charge in [0.25, 0.3) is 5.56 Å². The zero-order chi connectivity index (χ0) is 23.2. The maximum Gasteiger partial charge on any atom is 0.261 e. The van der Waals surface area contributed by atoms with Gasteiger partial charge in [0.15, 0.2) is 11.5 Å². The molecular formula is C25H24N4O4. The highest BCUT2D eigenvalue weighted by Crippen LogP contribution is 2.31. The fourth-order valence-electron chi connectivity index (χ4n) is 3.45. The number of anilines is 1. The van der Waals surface area contributed by atoms with Gasteiger partial charge in [-0.25, -0.2) is 4.98 Å². The summed E-state index contributed by atoms with van der Waals surface area (Å²) in [5.41, 5.74) is 3.00. The van der Waals surface area contributed by atoms with Crippen molar-refractivity contribution in [3.05, 3.63) is 88.7 Å². The molecule has 0 spiro atoms. The molecule has 2 aromatic heterocycles. The van der Waals surface area contributed by atoms with Gasteiger partial charge in [-0.3, -0.25) is 19.1 Å². The summed E-state index contributed by atoms with van der Waals surface area (Å²) in [5.74, 6) is 0.847. The van der Waals surface area contributed by atoms with E-state index in [1.807, 2.05) is 31.2 Å². The highest BCUT2D eigenvalue weighted by atomic mass is 16.5. The summed E-state index contributed by atoms with van der Waals surface area (Å²) in [6.07, 6.45) is 5.01. The lowest BCUT2D eigenvalue weighted by Gasteiger charge is -2.13. The van der Waals surface area contributed by atoms with Crippen LogP contribution in [0.5, 0.6) is 11.5 Å². The van der Waals surface area contributed by atoms with Crippen molar-refractivity contribution in [3.8, 4) is 11.5 Å². The van der Waals surface area contributed by atoms with Crippen LogP contribution in [0.15, 0.2) is 72.0 Å². The molecular weight excluding hydrogens is 420 g/mol. The van der Waals surface area contributed by atoms with Crippen LogP contribution in [0.2, 0.25) is 0 Å². The monoisotopic (exact) mass is 444 g/mol. The summed E-state index contributed by atoms with van der Waals surface area (Å²) < 4.78 is 12.7. The van der Waals surface area contributed by atoms with Gasteiger partial charge in [0.2, 0.25) is 5.91 Å². The van der Waals surface area contributed by atoms with Gasteiger partial charge in [-0.1, -0.05) is 12.1 Å². The van der Waals surface area contributed by atoms with Gasteiger partial charge < -0.3 is 14.8 Å². The molecule has 4 rings (SSSR count). The van der Waals surface area contributed by atoms with E-state index in [0.29, 0.717) is 34.7 Å². The topological polar surface area (TPSA) is 95.3 Å². The van der Waals surface area contributed by atoms with E-state index in [9.17, 15) is 9.59 Å². The Labute approximate surface area is 190 Å². The Bertz CT molecular complexity index is 1340. The molecule has 8 nitrogen and oxygen atoms in total. The second-order valence-corrected chi connectivity index (χ2v) is 7.52. The summed E-state index contributed by atoms with van der Waals surface area (Å²) in [6.45, 7) is 2.48. The van der Waals surface area contributed by atoms with Crippen LogP contribution >= 0.6 is 0 Å². The van der Waals surface area contributed by atoms with Gasteiger partial charge >= 0.3 is 0 Å². The fraction of sp³-hybridized carbons (Fsp3) is 0.200. The van der Waals surface area contributed by atoms with E-state index >= 15 is 0 Å². The SMILES string of the molecule is COc1ccc(NC(=O)CCn2cnc3c(C)cccc3c2=O)cc1OCc1ccncc1. The molecule has 168 valence electrons. The minimum atomic E-state index is -0.225. The molecule has 0 saturated heterocycles. The summed E-state index contributed by atoms with van der Waals surface area (Å²) in [7, 11) is 1.56. The second-order valence-electron chi connectivity index (χ2n) is 7.52. The number of pyridine rings is 1. The molecule has 0 saturated carbocycles. The van der Waals surface area contributed by atoms with Gasteiger partial charge in [0.05, 0.1) is 24.3 Å². The van der Waals surface area contributed by atoms with Crippen LogP contribution in [0.25, 0.3) is 10.9 Å². The second kappa shape index (κ2) is 9.95. The van der Waals surface area contributed by atoms with Gasteiger partial charge in [-0.05, 0) is 48.4 Å². The fourth-order valence-corrected chi connectivity index (χ4v) is 3.45. The van der Waals surface area contributed by atoms with E-state index in [4.69, 9.17) is 9.47 Å². The van der Waals surface area contributed by atoms with Crippen LogP contribution in [0.3, 0.4) is 0 Å². The van der Waals surface area contributed by atoms with Crippen LogP contribution in [0, 0.1) is 6.92 Å². The average Bonchev–Trinajstić information content (AvgIpc) is 2.83. The smallest absolute Gasteiger partial charge is 0.261 e. The van der Waals surface area contributed by atoms with E-state index in [0.717, 1.165) is 11.1 Å². The summed E-state index contributed by atoms with van der Waals surface area (Å²) in [4.78, 5) is 33.6. The zero-order valence-corrected chi connectivity index (χ0v) is 18.4. The number of aryl methyl sites for hydroxylation is 2. The molecule has 0 radical (unpaired) electrons. The standard InChI is InChI=1S/C25H24N4O4/c1-17-4-3-5-20-24(17)27-16-29(25(20)31)13-10-23(30)28-19-6-7-21(32-2)22(14-19)33-15-18-8-11-26-12-9-18/h3-9,11-12,14,16H,10,13,15H2,1-2H3,(H,28,30). The molecule has 1 N–H and O–H groups in total. The predicted molar refractivity (Wildman–Crippen MR) is 126 cm³/mol. The lowest BCUT2D eigenvalue weighted by atomic mass is 10.1. The number of methoxy groups -OCH3 is 1. The van der Waals surface area contributed by atoms with Crippen LogP contribution in [0.4, 0.5) is 5.69 Å². The van der Waals surface area contributed by atoms with Crippen molar-refractivity contribution in [1.82, 2.24) is 14.5 Å². The third-order valence-electron chi connectivity index (χ3n) is 5.23. The Morgan fingerprint density at radius 3 is 2.70 bits per heavy atom. The maximum atomic E-state index is 12.7. The summed E-state index contributed by atoms with van der Waals surface area (Å²) >= 11 is 0. The first-order chi connectivity index (χ1) is 16.0. The van der Waals surface area contributed by atoms with Crippen molar-refractivity contribution >= 4 is 22.5 Å². The molecule has 4 aromatic rings. The molecule has 0 atom stereocenters. The number of hydrogen-bond donors (Lipinski definition) is 1. The molecule has 0 aliphatic heterocycles. The molecule has 33 heavy (non-hydrogen) atoms. The number of rotatable bonds is 8. The molecule has 8 heteroatoms. The Hall–Kier alpha value is -4.20. The van der Waals surface area contributed by atoms with Crippen LogP contribution in [0.1, 0.15) is 17.5 Å². The number of nitrogens with zero attached hydrogens (tertiary/aromatic N) is 3. The van der Waals surface area contributed by atoms with Crippen molar-refractivity contribution < 1.29 is 14.3 Å². The Balaban J connectivity index is 1.41. The minimum absolute atomic E-state index is 0.123. The minimum Gasteiger partial charge on any atom is -0.493 e. The quantitative estimate of drug-likeness (QED) is 0.445. The van der Waals surface area contributed by atoms with Crippen molar-refractivity contribution in [3.63, 3.8) is 0 Å². The Morgan fingerprint density at radius 1 is 1.09 bits per heavy atom. The molecule has 0 bridgehead atoms. The molecule has 0 aliphatic carbocycles. The average molecular weight is 444 g/mol. The summed E-state index contributed by atoms with van der Waals surface area (Å²) in [6, 6.07) is 14.4. The first kappa shape index (κ1) is 22.0. The molecule has 0 aliphatic rings. The van der Waals surface area contributed by atoms with Crippen molar-refractivity contribution in [1.29, 1.82) is 0 Å². The van der Waals surface area contributed by atoms with Crippen molar-refractivity contribution in [2.45, 2.75) is 26.5 Å². The largest absolute Gasteiger partial charge is 0.493 e. The zero-order valence-electron chi connectivity index (χ0n) is 18.4. The number of fused-ring (bicyclic) bond motifs is 1. The number of benzene rings is 2. The Kier molecular flexibility index (Phi) is 6.64. The van der Waals surface area contributed by atoms with E-state index in [-0.39, 0.29) is 24.4 Å².